The minimum atomic E-state index is 0.477. The standard InChI is InChI=1S/C11H14N2S/c1-2-10-9-4-8-14-11(9)3-6-13(10)7-5-12/h4,8,10H,2-3,6-7H2,1H3. The number of hydrogen-bond donors (Lipinski definition) is 0. The first-order valence-electron chi connectivity index (χ1n) is 5.04. The van der Waals surface area contributed by atoms with Gasteiger partial charge in [0.2, 0.25) is 0 Å². The van der Waals surface area contributed by atoms with Crippen molar-refractivity contribution in [3.05, 3.63) is 21.9 Å². The zero-order valence-corrected chi connectivity index (χ0v) is 9.18. The van der Waals surface area contributed by atoms with Gasteiger partial charge in [0.1, 0.15) is 0 Å². The van der Waals surface area contributed by atoms with Gasteiger partial charge in [0.15, 0.2) is 0 Å². The van der Waals surface area contributed by atoms with E-state index in [0.29, 0.717) is 12.6 Å². The van der Waals surface area contributed by atoms with Crippen LogP contribution in [0.15, 0.2) is 11.4 Å². The van der Waals surface area contributed by atoms with E-state index in [9.17, 15) is 0 Å². The molecular formula is C11H14N2S. The highest BCUT2D eigenvalue weighted by atomic mass is 32.1. The summed E-state index contributed by atoms with van der Waals surface area (Å²) in [6.45, 7) is 3.80. The van der Waals surface area contributed by atoms with Gasteiger partial charge in [-0.1, -0.05) is 6.92 Å². The Morgan fingerprint density at radius 1 is 1.71 bits per heavy atom. The number of fused-ring (bicyclic) bond motifs is 1. The molecule has 0 aliphatic carbocycles. The Labute approximate surface area is 88.8 Å². The molecule has 0 N–H and O–H groups in total. The van der Waals surface area contributed by atoms with Gasteiger partial charge in [-0.2, -0.15) is 5.26 Å². The molecule has 1 aliphatic heterocycles. The van der Waals surface area contributed by atoms with Crippen LogP contribution in [0.2, 0.25) is 0 Å². The predicted octanol–water partition coefficient (Wildman–Crippen LogP) is 2.58. The molecule has 0 saturated carbocycles. The Bertz CT molecular complexity index is 350. The van der Waals surface area contributed by atoms with Gasteiger partial charge in [0.05, 0.1) is 12.6 Å². The Balaban J connectivity index is 2.25. The SMILES string of the molecule is CCC1c2ccsc2CCN1CC#N. The van der Waals surface area contributed by atoms with E-state index >= 15 is 0 Å². The van der Waals surface area contributed by atoms with Crippen molar-refractivity contribution in [1.82, 2.24) is 4.90 Å². The molecule has 2 rings (SSSR count). The average Bonchev–Trinajstić information content (AvgIpc) is 2.66. The van der Waals surface area contributed by atoms with Crippen molar-refractivity contribution in [3.8, 4) is 6.07 Å². The Morgan fingerprint density at radius 3 is 3.29 bits per heavy atom. The highest BCUT2D eigenvalue weighted by molar-refractivity contribution is 7.10. The normalized spacial score (nSPS) is 21.6. The van der Waals surface area contributed by atoms with E-state index in [2.05, 4.69) is 29.3 Å². The summed E-state index contributed by atoms with van der Waals surface area (Å²) in [6.07, 6.45) is 2.22. The molecule has 0 fully saturated rings. The van der Waals surface area contributed by atoms with Gasteiger partial charge >= 0.3 is 0 Å². The summed E-state index contributed by atoms with van der Waals surface area (Å²) in [5.41, 5.74) is 1.46. The number of nitrogens with zero attached hydrogens (tertiary/aromatic N) is 2. The van der Waals surface area contributed by atoms with Crippen LogP contribution >= 0.6 is 11.3 Å². The van der Waals surface area contributed by atoms with Gasteiger partial charge in [0, 0.05) is 17.5 Å². The third-order valence-electron chi connectivity index (χ3n) is 2.87. The van der Waals surface area contributed by atoms with E-state index in [1.165, 1.54) is 10.4 Å². The smallest absolute Gasteiger partial charge is 0.0871 e. The lowest BCUT2D eigenvalue weighted by Crippen LogP contribution is -2.34. The summed E-state index contributed by atoms with van der Waals surface area (Å²) < 4.78 is 0. The van der Waals surface area contributed by atoms with Crippen LogP contribution in [0.4, 0.5) is 0 Å². The Kier molecular flexibility index (Phi) is 2.85. The number of thiophene rings is 1. The second-order valence-corrected chi connectivity index (χ2v) is 4.60. The summed E-state index contributed by atoms with van der Waals surface area (Å²) in [7, 11) is 0. The maximum absolute atomic E-state index is 8.74. The fourth-order valence-electron chi connectivity index (χ4n) is 2.21. The molecule has 0 bridgehead atoms. The fourth-order valence-corrected chi connectivity index (χ4v) is 3.13. The van der Waals surface area contributed by atoms with Crippen molar-refractivity contribution in [2.75, 3.05) is 13.1 Å². The highest BCUT2D eigenvalue weighted by Gasteiger charge is 2.26. The van der Waals surface area contributed by atoms with Crippen molar-refractivity contribution in [3.63, 3.8) is 0 Å². The lowest BCUT2D eigenvalue weighted by molar-refractivity contribution is 0.205. The summed E-state index contributed by atoms with van der Waals surface area (Å²) in [6, 6.07) is 4.95. The molecular weight excluding hydrogens is 192 g/mol. The zero-order valence-electron chi connectivity index (χ0n) is 8.36. The minimum absolute atomic E-state index is 0.477. The quantitative estimate of drug-likeness (QED) is 0.695. The van der Waals surface area contributed by atoms with Gasteiger partial charge in [-0.05, 0) is 29.9 Å². The van der Waals surface area contributed by atoms with Crippen LogP contribution in [-0.2, 0) is 6.42 Å². The molecule has 14 heavy (non-hydrogen) atoms. The number of hydrogen-bond acceptors (Lipinski definition) is 3. The second-order valence-electron chi connectivity index (χ2n) is 3.60. The van der Waals surface area contributed by atoms with E-state index in [0.717, 1.165) is 19.4 Å². The lowest BCUT2D eigenvalue weighted by atomic mass is 9.98. The first-order chi connectivity index (χ1) is 6.86. The summed E-state index contributed by atoms with van der Waals surface area (Å²) >= 11 is 1.86. The molecule has 1 unspecified atom stereocenters. The third-order valence-corrected chi connectivity index (χ3v) is 3.86. The Hall–Kier alpha value is -0.850. The first kappa shape index (κ1) is 9.70. The van der Waals surface area contributed by atoms with E-state index in [4.69, 9.17) is 5.26 Å². The maximum Gasteiger partial charge on any atom is 0.0871 e. The van der Waals surface area contributed by atoms with E-state index in [1.807, 2.05) is 11.3 Å². The molecule has 0 aromatic carbocycles. The molecule has 1 aromatic heterocycles. The molecule has 0 spiro atoms. The van der Waals surface area contributed by atoms with E-state index in [-0.39, 0.29) is 0 Å². The molecule has 2 heterocycles. The van der Waals surface area contributed by atoms with Crippen molar-refractivity contribution in [2.24, 2.45) is 0 Å². The van der Waals surface area contributed by atoms with Crippen LogP contribution < -0.4 is 0 Å². The molecule has 74 valence electrons. The summed E-state index contributed by atoms with van der Waals surface area (Å²) in [5, 5.41) is 10.9. The van der Waals surface area contributed by atoms with Crippen molar-refractivity contribution in [2.45, 2.75) is 25.8 Å². The second kappa shape index (κ2) is 4.12. The van der Waals surface area contributed by atoms with Gasteiger partial charge in [-0.3, -0.25) is 4.90 Å². The third kappa shape index (κ3) is 1.56. The van der Waals surface area contributed by atoms with Crippen LogP contribution in [-0.4, -0.2) is 18.0 Å². The van der Waals surface area contributed by atoms with Crippen LogP contribution in [0, 0.1) is 11.3 Å². The van der Waals surface area contributed by atoms with E-state index in [1.54, 1.807) is 0 Å². The monoisotopic (exact) mass is 206 g/mol. The van der Waals surface area contributed by atoms with Gasteiger partial charge in [-0.15, -0.1) is 11.3 Å². The lowest BCUT2D eigenvalue weighted by Gasteiger charge is -2.33. The van der Waals surface area contributed by atoms with Crippen LogP contribution in [0.3, 0.4) is 0 Å². The molecule has 0 saturated heterocycles. The number of nitriles is 1. The predicted molar refractivity (Wildman–Crippen MR) is 58.2 cm³/mol. The van der Waals surface area contributed by atoms with Crippen molar-refractivity contribution >= 4 is 11.3 Å². The average molecular weight is 206 g/mol. The van der Waals surface area contributed by atoms with Crippen molar-refractivity contribution in [1.29, 1.82) is 5.26 Å². The largest absolute Gasteiger partial charge is 0.283 e. The van der Waals surface area contributed by atoms with E-state index < -0.39 is 0 Å². The summed E-state index contributed by atoms with van der Waals surface area (Å²) in [4.78, 5) is 3.81. The highest BCUT2D eigenvalue weighted by Crippen LogP contribution is 2.34. The molecule has 1 atom stereocenters. The molecule has 0 radical (unpaired) electrons. The van der Waals surface area contributed by atoms with Crippen LogP contribution in [0.1, 0.15) is 29.8 Å². The van der Waals surface area contributed by atoms with Crippen molar-refractivity contribution < 1.29 is 0 Å². The Morgan fingerprint density at radius 2 is 2.57 bits per heavy atom. The first-order valence-corrected chi connectivity index (χ1v) is 5.92. The molecule has 0 amide bonds. The van der Waals surface area contributed by atoms with Gasteiger partial charge in [-0.25, -0.2) is 0 Å². The fraction of sp³-hybridized carbons (Fsp3) is 0.545. The molecule has 1 aromatic rings. The molecule has 2 nitrogen and oxygen atoms in total. The minimum Gasteiger partial charge on any atom is -0.283 e. The number of rotatable bonds is 2. The van der Waals surface area contributed by atoms with Crippen LogP contribution in [0.25, 0.3) is 0 Å². The topological polar surface area (TPSA) is 27.0 Å². The zero-order chi connectivity index (χ0) is 9.97. The molecule has 1 aliphatic rings. The van der Waals surface area contributed by atoms with Crippen LogP contribution in [0.5, 0.6) is 0 Å². The van der Waals surface area contributed by atoms with Gasteiger partial charge in [0.25, 0.3) is 0 Å². The van der Waals surface area contributed by atoms with Gasteiger partial charge < -0.3 is 0 Å². The molecule has 3 heteroatoms. The summed E-state index contributed by atoms with van der Waals surface area (Å²) in [5.74, 6) is 0. The maximum atomic E-state index is 8.74.